The lowest BCUT2D eigenvalue weighted by molar-refractivity contribution is 0.194. The minimum atomic E-state index is -3.64. The second kappa shape index (κ2) is 7.14. The zero-order valence-electron chi connectivity index (χ0n) is 13.5. The summed E-state index contributed by atoms with van der Waals surface area (Å²) in [5.74, 6) is 0. The average Bonchev–Trinajstić information content (AvgIpc) is 3.25. The molecule has 4 amide bonds. The number of amides is 4. The van der Waals surface area contributed by atoms with Crippen molar-refractivity contribution in [2.24, 2.45) is 0 Å². The third-order valence-electron chi connectivity index (χ3n) is 3.69. The Morgan fingerprint density at radius 1 is 1.24 bits per heavy atom. The maximum atomic E-state index is 12.1. The van der Waals surface area contributed by atoms with Gasteiger partial charge in [0.05, 0.1) is 19.3 Å². The maximum Gasteiger partial charge on any atom is 0.341 e. The Morgan fingerprint density at radius 3 is 2.68 bits per heavy atom. The van der Waals surface area contributed by atoms with Gasteiger partial charge >= 0.3 is 12.1 Å². The van der Waals surface area contributed by atoms with Crippen LogP contribution < -0.4 is 5.32 Å². The van der Waals surface area contributed by atoms with Crippen LogP contribution in [0.15, 0.2) is 29.6 Å². The maximum absolute atomic E-state index is 12.1. The molecule has 0 saturated carbocycles. The minimum Gasteiger partial charge on any atom is -0.337 e. The van der Waals surface area contributed by atoms with Crippen LogP contribution in [0.1, 0.15) is 4.88 Å². The largest absolute Gasteiger partial charge is 0.341 e. The molecule has 0 atom stereocenters. The van der Waals surface area contributed by atoms with Crippen LogP contribution in [0.25, 0.3) is 9.75 Å². The van der Waals surface area contributed by atoms with Crippen LogP contribution >= 0.6 is 22.7 Å². The van der Waals surface area contributed by atoms with Gasteiger partial charge in [0, 0.05) is 21.2 Å². The van der Waals surface area contributed by atoms with Gasteiger partial charge in [0.25, 0.3) is 0 Å². The number of hydrogen-bond acceptors (Lipinski definition) is 6. The highest BCUT2D eigenvalue weighted by molar-refractivity contribution is 7.88. The zero-order chi connectivity index (χ0) is 18.0. The summed E-state index contributed by atoms with van der Waals surface area (Å²) in [6.07, 6.45) is 1.61. The smallest absolute Gasteiger partial charge is 0.337 e. The van der Waals surface area contributed by atoms with E-state index in [2.05, 4.69) is 17.4 Å². The molecule has 1 N–H and O–H groups in total. The van der Waals surface area contributed by atoms with Crippen LogP contribution in [0.4, 0.5) is 9.59 Å². The fourth-order valence-corrected chi connectivity index (χ4v) is 5.10. The Bertz CT molecular complexity index is 874. The third kappa shape index (κ3) is 4.02. The van der Waals surface area contributed by atoms with E-state index in [4.69, 9.17) is 0 Å². The summed E-state index contributed by atoms with van der Waals surface area (Å²) in [5, 5.41) is 4.70. The number of rotatable bonds is 5. The molecule has 0 radical (unpaired) electrons. The number of nitrogens with one attached hydrogen (secondary N) is 1. The van der Waals surface area contributed by atoms with E-state index in [0.29, 0.717) is 17.3 Å². The molecule has 134 valence electrons. The Morgan fingerprint density at radius 2 is 2.04 bits per heavy atom. The predicted molar refractivity (Wildman–Crippen MR) is 98.4 cm³/mol. The van der Waals surface area contributed by atoms with Crippen molar-refractivity contribution in [1.82, 2.24) is 14.5 Å². The van der Waals surface area contributed by atoms with Crippen molar-refractivity contribution >= 4 is 44.8 Å². The number of imide groups is 1. The van der Waals surface area contributed by atoms with Crippen LogP contribution in [0.5, 0.6) is 0 Å². The fraction of sp³-hybridized carbons (Fsp3) is 0.333. The Kier molecular flexibility index (Phi) is 5.11. The third-order valence-corrected chi connectivity index (χ3v) is 7.04. The molecule has 0 aliphatic carbocycles. The summed E-state index contributed by atoms with van der Waals surface area (Å²) in [6.45, 7) is 0.450. The molecule has 2 aromatic heterocycles. The second-order valence-corrected chi connectivity index (χ2v) is 9.52. The molecule has 1 fully saturated rings. The number of urea groups is 2. The summed E-state index contributed by atoms with van der Waals surface area (Å²) < 4.78 is 23.6. The summed E-state index contributed by atoms with van der Waals surface area (Å²) in [4.78, 5) is 28.5. The molecule has 0 unspecified atom stereocenters. The number of thiophene rings is 2. The van der Waals surface area contributed by atoms with Crippen molar-refractivity contribution in [3.05, 3.63) is 34.5 Å². The Labute approximate surface area is 153 Å². The van der Waals surface area contributed by atoms with E-state index in [1.165, 1.54) is 9.75 Å². The molecule has 3 heterocycles. The van der Waals surface area contributed by atoms with Crippen LogP contribution in [0.2, 0.25) is 0 Å². The molecule has 10 heteroatoms. The van der Waals surface area contributed by atoms with Gasteiger partial charge in [-0.25, -0.2) is 27.2 Å². The minimum absolute atomic E-state index is 0.000184. The van der Waals surface area contributed by atoms with Gasteiger partial charge in [0.1, 0.15) is 0 Å². The SMILES string of the molecule is CS(=O)(=O)N1CCN(C(=O)NCCc2ccc(-c3cccs3)s2)C1=O. The highest BCUT2D eigenvalue weighted by Gasteiger charge is 2.37. The van der Waals surface area contributed by atoms with Gasteiger partial charge in [0.2, 0.25) is 10.0 Å². The van der Waals surface area contributed by atoms with Gasteiger partial charge < -0.3 is 5.32 Å². The lowest BCUT2D eigenvalue weighted by atomic mass is 10.3. The van der Waals surface area contributed by atoms with Crippen molar-refractivity contribution in [2.45, 2.75) is 6.42 Å². The lowest BCUT2D eigenvalue weighted by Gasteiger charge is -2.16. The molecular weight excluding hydrogens is 382 g/mol. The van der Waals surface area contributed by atoms with E-state index in [1.807, 2.05) is 17.5 Å². The average molecular weight is 400 g/mol. The molecule has 0 aromatic carbocycles. The topological polar surface area (TPSA) is 86.8 Å². The van der Waals surface area contributed by atoms with Gasteiger partial charge in [0.15, 0.2) is 0 Å². The fourth-order valence-electron chi connectivity index (χ4n) is 2.46. The number of sulfonamides is 1. The van der Waals surface area contributed by atoms with E-state index in [1.54, 1.807) is 22.7 Å². The van der Waals surface area contributed by atoms with E-state index in [9.17, 15) is 18.0 Å². The first-order chi connectivity index (χ1) is 11.9. The molecule has 25 heavy (non-hydrogen) atoms. The first kappa shape index (κ1) is 17.9. The van der Waals surface area contributed by atoms with Gasteiger partial charge in [-0.3, -0.25) is 0 Å². The Balaban J connectivity index is 1.51. The quantitative estimate of drug-likeness (QED) is 0.837. The Hall–Kier alpha value is -1.91. The van der Waals surface area contributed by atoms with Crippen molar-refractivity contribution < 1.29 is 18.0 Å². The van der Waals surface area contributed by atoms with Crippen molar-refractivity contribution in [3.8, 4) is 9.75 Å². The molecule has 7 nitrogen and oxygen atoms in total. The summed E-state index contributed by atoms with van der Waals surface area (Å²) >= 11 is 3.35. The van der Waals surface area contributed by atoms with E-state index in [0.717, 1.165) is 16.0 Å². The second-order valence-electron chi connectivity index (χ2n) is 5.49. The molecule has 2 aromatic rings. The van der Waals surface area contributed by atoms with Crippen molar-refractivity contribution in [3.63, 3.8) is 0 Å². The lowest BCUT2D eigenvalue weighted by Crippen LogP contribution is -2.44. The van der Waals surface area contributed by atoms with Gasteiger partial charge in [-0.1, -0.05) is 6.07 Å². The monoisotopic (exact) mass is 399 g/mol. The summed E-state index contributed by atoms with van der Waals surface area (Å²) in [6, 6.07) is 6.79. The zero-order valence-corrected chi connectivity index (χ0v) is 15.9. The van der Waals surface area contributed by atoms with Crippen LogP contribution in [-0.2, 0) is 16.4 Å². The van der Waals surface area contributed by atoms with Crippen LogP contribution in [0.3, 0.4) is 0 Å². The van der Waals surface area contributed by atoms with Gasteiger partial charge in [-0.05, 0) is 30.0 Å². The van der Waals surface area contributed by atoms with Gasteiger partial charge in [-0.2, -0.15) is 0 Å². The molecule has 0 bridgehead atoms. The predicted octanol–water partition coefficient (Wildman–Crippen LogP) is 2.43. The van der Waals surface area contributed by atoms with E-state index < -0.39 is 22.1 Å². The van der Waals surface area contributed by atoms with Crippen molar-refractivity contribution in [1.29, 1.82) is 0 Å². The van der Waals surface area contributed by atoms with E-state index >= 15 is 0 Å². The standard InChI is InChI=1S/C15H17N3O4S3/c1-25(21,22)18-9-8-17(15(18)20)14(19)16-7-6-11-4-5-13(24-11)12-3-2-10-23-12/h2-5,10H,6-9H2,1H3,(H,16,19). The first-order valence-electron chi connectivity index (χ1n) is 7.56. The number of hydrogen-bond donors (Lipinski definition) is 1. The molecule has 1 saturated heterocycles. The number of carbonyl (C=O) groups excluding carboxylic acids is 2. The van der Waals surface area contributed by atoms with Crippen LogP contribution in [-0.4, -0.2) is 55.6 Å². The number of carbonyl (C=O) groups is 2. The summed E-state index contributed by atoms with van der Waals surface area (Å²) in [7, 11) is -3.64. The first-order valence-corrected chi connectivity index (χ1v) is 11.1. The highest BCUT2D eigenvalue weighted by atomic mass is 32.2. The normalized spacial score (nSPS) is 15.0. The molecule has 3 rings (SSSR count). The number of nitrogens with zero attached hydrogens (tertiary/aromatic N) is 2. The summed E-state index contributed by atoms with van der Waals surface area (Å²) in [5.41, 5.74) is 0. The highest BCUT2D eigenvalue weighted by Crippen LogP contribution is 2.31. The molecular formula is C15H17N3O4S3. The molecule has 1 aliphatic rings. The van der Waals surface area contributed by atoms with E-state index in [-0.39, 0.29) is 13.1 Å². The molecule has 0 spiro atoms. The van der Waals surface area contributed by atoms with Crippen LogP contribution in [0, 0.1) is 0 Å². The van der Waals surface area contributed by atoms with Crippen molar-refractivity contribution in [2.75, 3.05) is 25.9 Å². The van der Waals surface area contributed by atoms with Gasteiger partial charge in [-0.15, -0.1) is 22.7 Å². The molecule has 1 aliphatic heterocycles.